The highest BCUT2D eigenvalue weighted by molar-refractivity contribution is 7.98. The van der Waals surface area contributed by atoms with Crippen molar-refractivity contribution >= 4 is 56.1 Å². The molecule has 0 saturated carbocycles. The van der Waals surface area contributed by atoms with Gasteiger partial charge in [0.25, 0.3) is 5.56 Å². The SMILES string of the molecule is C=Cc1ccc(CC)cc1.CC.CSc1ccccc1C.O=c1c2cccc3cccc(c32)c2nc3ccccc3n12. The number of pyridine rings is 1. The zero-order chi connectivity index (χ0) is 30.1. The van der Waals surface area contributed by atoms with Crippen LogP contribution in [0.1, 0.15) is 37.5 Å². The van der Waals surface area contributed by atoms with Crippen molar-refractivity contribution < 1.29 is 0 Å². The molecule has 0 N–H and O–H groups in total. The summed E-state index contributed by atoms with van der Waals surface area (Å²) in [5.74, 6) is 0. The van der Waals surface area contributed by atoms with Gasteiger partial charge in [0.05, 0.1) is 11.0 Å². The van der Waals surface area contributed by atoms with Crippen molar-refractivity contribution in [1.82, 2.24) is 9.38 Å². The largest absolute Gasteiger partial charge is 0.268 e. The van der Waals surface area contributed by atoms with E-state index in [0.717, 1.165) is 44.6 Å². The summed E-state index contributed by atoms with van der Waals surface area (Å²) in [6.45, 7) is 12.0. The first-order valence-corrected chi connectivity index (χ1v) is 15.6. The molecule has 0 aliphatic heterocycles. The Labute approximate surface area is 252 Å². The lowest BCUT2D eigenvalue weighted by molar-refractivity contribution is 1.14. The van der Waals surface area contributed by atoms with Gasteiger partial charge in [-0.25, -0.2) is 4.98 Å². The first kappa shape index (κ1) is 30.5. The summed E-state index contributed by atoms with van der Waals surface area (Å²) >= 11 is 1.80. The van der Waals surface area contributed by atoms with Crippen LogP contribution >= 0.6 is 11.8 Å². The highest BCUT2D eigenvalue weighted by Gasteiger charge is 2.14. The second-order valence-electron chi connectivity index (χ2n) is 9.54. The fraction of sp³-hybridized carbons (Fsp3) is 0.158. The molecule has 0 aliphatic carbocycles. The molecular weight excluding hydrogens is 532 g/mol. The third kappa shape index (κ3) is 6.40. The molecule has 2 heterocycles. The number of para-hydroxylation sites is 2. The van der Waals surface area contributed by atoms with Gasteiger partial charge in [0, 0.05) is 21.1 Å². The van der Waals surface area contributed by atoms with E-state index in [-0.39, 0.29) is 5.56 Å². The number of nitrogens with zero attached hydrogens (tertiary/aromatic N) is 2. The fourth-order valence-electron chi connectivity index (χ4n) is 4.91. The van der Waals surface area contributed by atoms with Crippen LogP contribution in [0, 0.1) is 6.92 Å². The lowest BCUT2D eigenvalue weighted by Gasteiger charge is -2.06. The molecule has 0 spiro atoms. The standard InChI is InChI=1S/C18H10N2O.C10H12.C8H10S.C2H6/c21-18-13-8-4-6-11-5-3-7-12(16(11)13)17-19-14-9-1-2-10-15(14)20(17)18;1-3-9-5-7-10(4-2)8-6-9;1-7-5-3-4-6-8(7)9-2;1-2/h1-10H;3,5-8H,1,4H2,2H3;3-6H,1-2H3;1-2H3. The normalized spacial score (nSPS) is 10.4. The molecule has 42 heavy (non-hydrogen) atoms. The number of benzene rings is 5. The summed E-state index contributed by atoms with van der Waals surface area (Å²) in [4.78, 5) is 18.9. The number of fused-ring (bicyclic) bond motifs is 4. The summed E-state index contributed by atoms with van der Waals surface area (Å²) < 4.78 is 1.73. The van der Waals surface area contributed by atoms with Crippen LogP contribution in [0.15, 0.2) is 125 Å². The molecule has 0 unspecified atom stereocenters. The van der Waals surface area contributed by atoms with Crippen LogP contribution in [0.5, 0.6) is 0 Å². The molecule has 0 atom stereocenters. The van der Waals surface area contributed by atoms with E-state index in [1.807, 2.05) is 80.6 Å². The molecule has 4 heteroatoms. The van der Waals surface area contributed by atoms with Crippen LogP contribution < -0.4 is 5.56 Å². The predicted octanol–water partition coefficient (Wildman–Crippen LogP) is 10.2. The Hall–Kier alpha value is -4.41. The lowest BCUT2D eigenvalue weighted by Crippen LogP contribution is -2.13. The van der Waals surface area contributed by atoms with Gasteiger partial charge < -0.3 is 0 Å². The van der Waals surface area contributed by atoms with Gasteiger partial charge in [0.15, 0.2) is 0 Å². The lowest BCUT2D eigenvalue weighted by atomic mass is 10.0. The number of hydrogen-bond acceptors (Lipinski definition) is 3. The third-order valence-corrected chi connectivity index (χ3v) is 7.97. The predicted molar refractivity (Wildman–Crippen MR) is 185 cm³/mol. The van der Waals surface area contributed by atoms with Crippen LogP contribution in [0.2, 0.25) is 0 Å². The highest BCUT2D eigenvalue weighted by atomic mass is 32.2. The Morgan fingerprint density at radius 3 is 2.07 bits per heavy atom. The van der Waals surface area contributed by atoms with Crippen molar-refractivity contribution in [3.63, 3.8) is 0 Å². The van der Waals surface area contributed by atoms with Crippen molar-refractivity contribution in [3.05, 3.63) is 143 Å². The molecule has 212 valence electrons. The van der Waals surface area contributed by atoms with Gasteiger partial charge >= 0.3 is 0 Å². The quantitative estimate of drug-likeness (QED) is 0.198. The van der Waals surface area contributed by atoms with Crippen molar-refractivity contribution in [2.45, 2.75) is 39.0 Å². The van der Waals surface area contributed by atoms with Gasteiger partial charge in [-0.2, -0.15) is 0 Å². The molecular formula is C38H38N2OS. The van der Waals surface area contributed by atoms with E-state index in [4.69, 9.17) is 0 Å². The van der Waals surface area contributed by atoms with Crippen molar-refractivity contribution in [3.8, 4) is 0 Å². The van der Waals surface area contributed by atoms with E-state index in [1.165, 1.54) is 21.6 Å². The molecule has 0 bridgehead atoms. The van der Waals surface area contributed by atoms with Gasteiger partial charge in [0.1, 0.15) is 5.65 Å². The first-order valence-electron chi connectivity index (χ1n) is 14.4. The van der Waals surface area contributed by atoms with Gasteiger partial charge in [-0.15, -0.1) is 11.8 Å². The molecule has 5 aromatic carbocycles. The minimum atomic E-state index is 0.00278. The average molecular weight is 571 g/mol. The number of hydrogen-bond donors (Lipinski definition) is 0. The Kier molecular flexibility index (Phi) is 10.5. The Bertz CT molecular complexity index is 1970. The van der Waals surface area contributed by atoms with E-state index in [2.05, 4.69) is 80.2 Å². The van der Waals surface area contributed by atoms with E-state index in [1.54, 1.807) is 16.2 Å². The highest BCUT2D eigenvalue weighted by Crippen LogP contribution is 2.29. The van der Waals surface area contributed by atoms with E-state index in [0.29, 0.717) is 0 Å². The van der Waals surface area contributed by atoms with E-state index < -0.39 is 0 Å². The molecule has 2 aromatic heterocycles. The second kappa shape index (κ2) is 14.5. The van der Waals surface area contributed by atoms with Crippen LogP contribution in [0.3, 0.4) is 0 Å². The Morgan fingerprint density at radius 1 is 0.810 bits per heavy atom. The zero-order valence-electron chi connectivity index (χ0n) is 25.1. The van der Waals surface area contributed by atoms with Crippen LogP contribution in [-0.2, 0) is 6.42 Å². The summed E-state index contributed by atoms with van der Waals surface area (Å²) in [5.41, 5.74) is 6.40. The van der Waals surface area contributed by atoms with Crippen LogP contribution in [0.25, 0.3) is 44.3 Å². The molecule has 3 nitrogen and oxygen atoms in total. The van der Waals surface area contributed by atoms with Gasteiger partial charge in [0.2, 0.25) is 0 Å². The minimum Gasteiger partial charge on any atom is -0.268 e. The van der Waals surface area contributed by atoms with Crippen LogP contribution in [-0.4, -0.2) is 15.6 Å². The van der Waals surface area contributed by atoms with Crippen molar-refractivity contribution in [2.75, 3.05) is 6.26 Å². The molecule has 7 aromatic rings. The van der Waals surface area contributed by atoms with Gasteiger partial charge in [-0.1, -0.05) is 118 Å². The Morgan fingerprint density at radius 2 is 1.45 bits per heavy atom. The zero-order valence-corrected chi connectivity index (χ0v) is 25.9. The summed E-state index contributed by atoms with van der Waals surface area (Å²) in [5, 5.41) is 3.86. The van der Waals surface area contributed by atoms with E-state index in [9.17, 15) is 4.79 Å². The molecule has 0 saturated heterocycles. The number of rotatable bonds is 3. The number of imidazole rings is 1. The second-order valence-corrected chi connectivity index (χ2v) is 10.4. The summed E-state index contributed by atoms with van der Waals surface area (Å²) in [7, 11) is 0. The summed E-state index contributed by atoms with van der Waals surface area (Å²) in [6.07, 6.45) is 5.07. The van der Waals surface area contributed by atoms with Crippen molar-refractivity contribution in [1.29, 1.82) is 0 Å². The number of aryl methyl sites for hydroxylation is 2. The maximum atomic E-state index is 12.9. The maximum absolute atomic E-state index is 12.9. The fourth-order valence-corrected chi connectivity index (χ4v) is 5.52. The molecule has 0 radical (unpaired) electrons. The van der Waals surface area contributed by atoms with Gasteiger partial charge in [-0.05, 0) is 65.9 Å². The van der Waals surface area contributed by atoms with Crippen LogP contribution in [0.4, 0.5) is 0 Å². The maximum Gasteiger partial charge on any atom is 0.264 e. The molecule has 0 fully saturated rings. The number of thioether (sulfide) groups is 1. The number of aromatic nitrogens is 2. The molecule has 7 rings (SSSR count). The van der Waals surface area contributed by atoms with E-state index >= 15 is 0 Å². The Balaban J connectivity index is 0.000000162. The smallest absolute Gasteiger partial charge is 0.264 e. The van der Waals surface area contributed by atoms with Crippen molar-refractivity contribution in [2.24, 2.45) is 0 Å². The topological polar surface area (TPSA) is 34.4 Å². The molecule has 0 amide bonds. The third-order valence-electron chi connectivity index (χ3n) is 7.08. The molecule has 0 aliphatic rings. The van der Waals surface area contributed by atoms with Gasteiger partial charge in [-0.3, -0.25) is 9.20 Å². The minimum absolute atomic E-state index is 0.00278. The monoisotopic (exact) mass is 570 g/mol. The summed E-state index contributed by atoms with van der Waals surface area (Å²) in [6, 6.07) is 36.6. The first-order chi connectivity index (χ1) is 20.5. The average Bonchev–Trinajstić information content (AvgIpc) is 3.45.